The van der Waals surface area contributed by atoms with Gasteiger partial charge in [-0.2, -0.15) is 5.26 Å². The molecule has 0 unspecified atom stereocenters. The number of halogens is 2. The molecule has 0 saturated carbocycles. The second-order valence-electron chi connectivity index (χ2n) is 4.30. The summed E-state index contributed by atoms with van der Waals surface area (Å²) in [4.78, 5) is 8.00. The van der Waals surface area contributed by atoms with E-state index in [0.29, 0.717) is 17.0 Å². The molecule has 2 rings (SSSR count). The Kier molecular flexibility index (Phi) is 5.48. The Labute approximate surface area is 123 Å². The predicted molar refractivity (Wildman–Crippen MR) is 77.8 cm³/mol. The van der Waals surface area contributed by atoms with Gasteiger partial charge in [-0.3, -0.25) is 0 Å². The van der Waals surface area contributed by atoms with Crippen LogP contribution in [0.2, 0.25) is 0 Å². The first kappa shape index (κ1) is 16.7. The number of aryl methyl sites for hydroxylation is 1. The van der Waals surface area contributed by atoms with Crippen molar-refractivity contribution in [2.45, 2.75) is 33.6 Å². The van der Waals surface area contributed by atoms with E-state index < -0.39 is 5.92 Å². The number of rotatable bonds is 2. The van der Waals surface area contributed by atoms with Crippen molar-refractivity contribution >= 4 is 0 Å². The summed E-state index contributed by atoms with van der Waals surface area (Å²) in [5.74, 6) is -2.79. The highest BCUT2D eigenvalue weighted by Crippen LogP contribution is 2.28. The van der Waals surface area contributed by atoms with Crippen LogP contribution in [-0.4, -0.2) is 9.97 Å². The molecule has 0 N–H and O–H groups in total. The summed E-state index contributed by atoms with van der Waals surface area (Å²) in [6, 6.07) is 9.43. The Morgan fingerprint density at radius 3 is 2.14 bits per heavy atom. The molecule has 1 aromatic carbocycles. The van der Waals surface area contributed by atoms with Gasteiger partial charge in [-0.1, -0.05) is 38.1 Å². The molecular formula is C16H17F2N3. The first-order chi connectivity index (χ1) is 9.90. The van der Waals surface area contributed by atoms with Gasteiger partial charge in [0.15, 0.2) is 0 Å². The number of hydrogen-bond acceptors (Lipinski definition) is 3. The molecule has 110 valence electrons. The molecule has 0 bridgehead atoms. The van der Waals surface area contributed by atoms with Crippen molar-refractivity contribution in [2.24, 2.45) is 0 Å². The van der Waals surface area contributed by atoms with Gasteiger partial charge in [0.2, 0.25) is 5.82 Å². The summed E-state index contributed by atoms with van der Waals surface area (Å²) in [5.41, 5.74) is 1.83. The molecule has 2 aromatic rings. The van der Waals surface area contributed by atoms with Gasteiger partial charge in [-0.05, 0) is 13.0 Å². The van der Waals surface area contributed by atoms with Crippen LogP contribution in [-0.2, 0) is 5.92 Å². The summed E-state index contributed by atoms with van der Waals surface area (Å²) in [6.07, 6.45) is 0. The van der Waals surface area contributed by atoms with Gasteiger partial charge in [0, 0.05) is 23.7 Å². The Morgan fingerprint density at radius 1 is 1.10 bits per heavy atom. The van der Waals surface area contributed by atoms with Crippen LogP contribution in [0.5, 0.6) is 0 Å². The van der Waals surface area contributed by atoms with E-state index in [-0.39, 0.29) is 11.4 Å². The van der Waals surface area contributed by atoms with Gasteiger partial charge in [0.25, 0.3) is 5.92 Å². The Hall–Kier alpha value is -2.35. The van der Waals surface area contributed by atoms with Gasteiger partial charge >= 0.3 is 0 Å². The number of aromatic nitrogens is 2. The molecule has 0 aliphatic heterocycles. The Morgan fingerprint density at radius 2 is 1.67 bits per heavy atom. The quantitative estimate of drug-likeness (QED) is 0.820. The highest BCUT2D eigenvalue weighted by atomic mass is 19.3. The SMILES string of the molecule is CC.Cc1cc(-c2ccc(C(C)(F)F)cc2)nc(C#N)n1. The first-order valence-electron chi connectivity index (χ1n) is 6.64. The third kappa shape index (κ3) is 4.32. The van der Waals surface area contributed by atoms with Crippen LogP contribution in [0.1, 0.15) is 37.9 Å². The van der Waals surface area contributed by atoms with Crippen LogP contribution in [0.3, 0.4) is 0 Å². The minimum atomic E-state index is -2.86. The molecule has 0 saturated heterocycles. The van der Waals surface area contributed by atoms with E-state index >= 15 is 0 Å². The normalized spacial score (nSPS) is 10.3. The molecule has 0 radical (unpaired) electrons. The zero-order valence-electron chi connectivity index (χ0n) is 12.5. The molecule has 1 heterocycles. The molecule has 21 heavy (non-hydrogen) atoms. The number of nitrogens with zero attached hydrogens (tertiary/aromatic N) is 3. The molecule has 5 heteroatoms. The van der Waals surface area contributed by atoms with E-state index in [1.807, 2.05) is 19.9 Å². The van der Waals surface area contributed by atoms with Crippen molar-refractivity contribution in [1.29, 1.82) is 5.26 Å². The van der Waals surface area contributed by atoms with Crippen LogP contribution in [0.25, 0.3) is 11.3 Å². The van der Waals surface area contributed by atoms with Crippen LogP contribution in [0.15, 0.2) is 30.3 Å². The predicted octanol–water partition coefficient (Wildman–Crippen LogP) is 4.46. The van der Waals surface area contributed by atoms with E-state index in [2.05, 4.69) is 9.97 Å². The molecule has 0 atom stereocenters. The number of nitriles is 1. The number of hydrogen-bond donors (Lipinski definition) is 0. The molecule has 3 nitrogen and oxygen atoms in total. The Balaban J connectivity index is 0.00000106. The zero-order valence-corrected chi connectivity index (χ0v) is 12.5. The standard InChI is InChI=1S/C14H11F2N3.C2H6/c1-9-7-12(19-13(8-17)18-9)10-3-5-11(6-4-10)14(2,15)16;1-2/h3-7H,1-2H3;1-2H3. The van der Waals surface area contributed by atoms with Gasteiger partial charge in [-0.15, -0.1) is 0 Å². The van der Waals surface area contributed by atoms with Gasteiger partial charge < -0.3 is 0 Å². The average molecular weight is 289 g/mol. The fourth-order valence-electron chi connectivity index (χ4n) is 1.70. The minimum absolute atomic E-state index is 0.0532. The largest absolute Gasteiger partial charge is 0.270 e. The fourth-order valence-corrected chi connectivity index (χ4v) is 1.70. The van der Waals surface area contributed by atoms with Crippen LogP contribution >= 0.6 is 0 Å². The van der Waals surface area contributed by atoms with Crippen molar-refractivity contribution in [3.8, 4) is 17.3 Å². The maximum atomic E-state index is 13.1. The van der Waals surface area contributed by atoms with Gasteiger partial charge in [0.1, 0.15) is 6.07 Å². The summed E-state index contributed by atoms with van der Waals surface area (Å²) in [6.45, 7) is 6.60. The third-order valence-corrected chi connectivity index (χ3v) is 2.64. The van der Waals surface area contributed by atoms with E-state index in [9.17, 15) is 8.78 Å². The average Bonchev–Trinajstić information content (AvgIpc) is 2.48. The lowest BCUT2D eigenvalue weighted by molar-refractivity contribution is 0.0175. The van der Waals surface area contributed by atoms with Crippen LogP contribution in [0, 0.1) is 18.3 Å². The van der Waals surface area contributed by atoms with Crippen molar-refractivity contribution in [2.75, 3.05) is 0 Å². The van der Waals surface area contributed by atoms with Crippen molar-refractivity contribution < 1.29 is 8.78 Å². The van der Waals surface area contributed by atoms with E-state index in [1.165, 1.54) is 12.1 Å². The van der Waals surface area contributed by atoms with Gasteiger partial charge in [-0.25, -0.2) is 18.7 Å². The van der Waals surface area contributed by atoms with Gasteiger partial charge in [0.05, 0.1) is 5.69 Å². The molecule has 0 aliphatic carbocycles. The maximum Gasteiger partial charge on any atom is 0.270 e. The number of alkyl halides is 2. The van der Waals surface area contributed by atoms with Crippen LogP contribution < -0.4 is 0 Å². The lowest BCUT2D eigenvalue weighted by Gasteiger charge is -2.11. The smallest absolute Gasteiger partial charge is 0.224 e. The lowest BCUT2D eigenvalue weighted by atomic mass is 10.1. The lowest BCUT2D eigenvalue weighted by Crippen LogP contribution is -2.06. The molecule has 0 fully saturated rings. The molecule has 0 amide bonds. The van der Waals surface area contributed by atoms with E-state index in [4.69, 9.17) is 5.26 Å². The van der Waals surface area contributed by atoms with E-state index in [0.717, 1.165) is 6.92 Å². The van der Waals surface area contributed by atoms with E-state index in [1.54, 1.807) is 25.1 Å². The third-order valence-electron chi connectivity index (χ3n) is 2.64. The Bertz CT molecular complexity index is 638. The summed E-state index contributed by atoms with van der Waals surface area (Å²) < 4.78 is 26.2. The molecule has 0 spiro atoms. The topological polar surface area (TPSA) is 49.6 Å². The van der Waals surface area contributed by atoms with Crippen LogP contribution in [0.4, 0.5) is 8.78 Å². The summed E-state index contributed by atoms with van der Waals surface area (Å²) in [7, 11) is 0. The second-order valence-corrected chi connectivity index (χ2v) is 4.30. The summed E-state index contributed by atoms with van der Waals surface area (Å²) in [5, 5.41) is 8.81. The van der Waals surface area contributed by atoms with Crippen molar-refractivity contribution in [1.82, 2.24) is 9.97 Å². The molecule has 1 aromatic heterocycles. The molecule has 0 aliphatic rings. The first-order valence-corrected chi connectivity index (χ1v) is 6.64. The monoisotopic (exact) mass is 289 g/mol. The highest BCUT2D eigenvalue weighted by molar-refractivity contribution is 5.60. The zero-order chi connectivity index (χ0) is 16.0. The minimum Gasteiger partial charge on any atom is -0.224 e. The fraction of sp³-hybridized carbons (Fsp3) is 0.312. The molecular weight excluding hydrogens is 272 g/mol. The number of benzene rings is 1. The van der Waals surface area contributed by atoms with Crippen molar-refractivity contribution in [3.05, 3.63) is 47.4 Å². The summed E-state index contributed by atoms with van der Waals surface area (Å²) >= 11 is 0. The van der Waals surface area contributed by atoms with Crippen molar-refractivity contribution in [3.63, 3.8) is 0 Å². The maximum absolute atomic E-state index is 13.1. The highest BCUT2D eigenvalue weighted by Gasteiger charge is 2.23. The second kappa shape index (κ2) is 6.89.